The predicted octanol–water partition coefficient (Wildman–Crippen LogP) is 4.18. The van der Waals surface area contributed by atoms with E-state index in [1.54, 1.807) is 51.9 Å². The maximum atomic E-state index is 14.3. The highest BCUT2D eigenvalue weighted by molar-refractivity contribution is 9.10. The Labute approximate surface area is 221 Å². The van der Waals surface area contributed by atoms with Gasteiger partial charge in [0.05, 0.1) is 12.7 Å². The SMILES string of the molecule is COc1ccc(Br)cc1/C=C(\NC(=O)c1ccccc1F)C(=O)N1C[C@H]2C[C@@H](C1)c1cccc(=O)n1C2. The van der Waals surface area contributed by atoms with Crippen molar-refractivity contribution in [2.45, 2.75) is 18.9 Å². The minimum absolute atomic E-state index is 0.00859. The van der Waals surface area contributed by atoms with Crippen LogP contribution in [0.5, 0.6) is 5.75 Å². The van der Waals surface area contributed by atoms with Crippen molar-refractivity contribution in [2.75, 3.05) is 20.2 Å². The molecule has 1 saturated heterocycles. The minimum Gasteiger partial charge on any atom is -0.496 e. The Morgan fingerprint density at radius 1 is 1.08 bits per heavy atom. The Morgan fingerprint density at radius 2 is 1.89 bits per heavy atom. The number of benzene rings is 2. The minimum atomic E-state index is -0.722. The lowest BCUT2D eigenvalue weighted by molar-refractivity contribution is -0.130. The first-order valence-electron chi connectivity index (χ1n) is 11.9. The number of fused-ring (bicyclic) bond motifs is 4. The van der Waals surface area contributed by atoms with Gasteiger partial charge < -0.3 is 19.5 Å². The quantitative estimate of drug-likeness (QED) is 0.471. The zero-order valence-corrected chi connectivity index (χ0v) is 21.7. The molecule has 1 aromatic heterocycles. The molecule has 0 unspecified atom stereocenters. The van der Waals surface area contributed by atoms with Crippen molar-refractivity contribution < 1.29 is 18.7 Å². The summed E-state index contributed by atoms with van der Waals surface area (Å²) >= 11 is 3.44. The number of pyridine rings is 1. The number of rotatable bonds is 5. The van der Waals surface area contributed by atoms with Gasteiger partial charge in [-0.1, -0.05) is 34.1 Å². The molecule has 0 radical (unpaired) electrons. The second-order valence-corrected chi connectivity index (χ2v) is 10.2. The normalized spacial score (nSPS) is 18.7. The van der Waals surface area contributed by atoms with Crippen molar-refractivity contribution in [2.24, 2.45) is 5.92 Å². The number of aromatic nitrogens is 1. The third-order valence-electron chi connectivity index (χ3n) is 6.86. The molecule has 9 heteroatoms. The molecule has 0 spiro atoms. The van der Waals surface area contributed by atoms with E-state index in [2.05, 4.69) is 21.2 Å². The van der Waals surface area contributed by atoms with Gasteiger partial charge in [-0.2, -0.15) is 0 Å². The zero-order chi connectivity index (χ0) is 26.1. The van der Waals surface area contributed by atoms with Crippen molar-refractivity contribution >= 4 is 33.8 Å². The van der Waals surface area contributed by atoms with Gasteiger partial charge in [-0.3, -0.25) is 14.4 Å². The molecule has 2 aliphatic rings. The molecular formula is C28H25BrFN3O4. The molecule has 3 heterocycles. The Balaban J connectivity index is 1.50. The van der Waals surface area contributed by atoms with E-state index in [4.69, 9.17) is 4.74 Å². The fourth-order valence-electron chi connectivity index (χ4n) is 5.19. The van der Waals surface area contributed by atoms with E-state index in [0.717, 1.165) is 16.6 Å². The molecule has 2 bridgehead atoms. The molecule has 2 aliphatic heterocycles. The molecule has 2 atom stereocenters. The second kappa shape index (κ2) is 10.3. The van der Waals surface area contributed by atoms with Crippen molar-refractivity contribution in [3.05, 3.63) is 104 Å². The number of methoxy groups -OCH3 is 1. The largest absolute Gasteiger partial charge is 0.496 e. The molecular weight excluding hydrogens is 541 g/mol. The van der Waals surface area contributed by atoms with Gasteiger partial charge in [-0.15, -0.1) is 0 Å². The highest BCUT2D eigenvalue weighted by Crippen LogP contribution is 2.35. The number of nitrogens with one attached hydrogen (secondary N) is 1. The number of hydrogen-bond acceptors (Lipinski definition) is 4. The molecule has 1 N–H and O–H groups in total. The molecule has 37 heavy (non-hydrogen) atoms. The van der Waals surface area contributed by atoms with Crippen molar-refractivity contribution in [3.8, 4) is 5.75 Å². The molecule has 0 aliphatic carbocycles. The van der Waals surface area contributed by atoms with Gasteiger partial charge in [0, 0.05) is 47.3 Å². The lowest BCUT2D eigenvalue weighted by Crippen LogP contribution is -2.50. The number of nitrogens with zero attached hydrogens (tertiary/aromatic N) is 2. The third-order valence-corrected chi connectivity index (χ3v) is 7.35. The van der Waals surface area contributed by atoms with E-state index in [1.165, 1.54) is 25.3 Å². The highest BCUT2D eigenvalue weighted by Gasteiger charge is 2.37. The van der Waals surface area contributed by atoms with Crippen LogP contribution >= 0.6 is 15.9 Å². The smallest absolute Gasteiger partial charge is 0.270 e. The van der Waals surface area contributed by atoms with Gasteiger partial charge in [-0.05, 0) is 54.8 Å². The molecule has 2 amide bonds. The summed E-state index contributed by atoms with van der Waals surface area (Å²) in [5, 5.41) is 2.65. The second-order valence-electron chi connectivity index (χ2n) is 9.29. The average Bonchev–Trinajstić information content (AvgIpc) is 2.89. The summed E-state index contributed by atoms with van der Waals surface area (Å²) in [5.41, 5.74) is 1.30. The molecule has 3 aromatic rings. The Morgan fingerprint density at radius 3 is 2.68 bits per heavy atom. The van der Waals surface area contributed by atoms with Crippen LogP contribution in [-0.2, 0) is 11.3 Å². The lowest BCUT2D eigenvalue weighted by atomic mass is 9.83. The van der Waals surface area contributed by atoms with Gasteiger partial charge >= 0.3 is 0 Å². The maximum absolute atomic E-state index is 14.3. The zero-order valence-electron chi connectivity index (χ0n) is 20.1. The van der Waals surface area contributed by atoms with E-state index in [1.807, 2.05) is 6.07 Å². The van der Waals surface area contributed by atoms with Crippen LogP contribution in [0.3, 0.4) is 0 Å². The number of carbonyl (C=O) groups excluding carboxylic acids is 2. The Bertz CT molecular complexity index is 1470. The van der Waals surface area contributed by atoms with Crippen LogP contribution in [0.4, 0.5) is 4.39 Å². The highest BCUT2D eigenvalue weighted by atomic mass is 79.9. The predicted molar refractivity (Wildman–Crippen MR) is 141 cm³/mol. The molecule has 190 valence electrons. The van der Waals surface area contributed by atoms with Gasteiger partial charge in [0.25, 0.3) is 17.4 Å². The number of carbonyl (C=O) groups is 2. The number of halogens is 2. The molecule has 7 nitrogen and oxygen atoms in total. The Kier molecular flexibility index (Phi) is 6.97. The van der Waals surface area contributed by atoms with Crippen LogP contribution in [-0.4, -0.2) is 41.5 Å². The number of hydrogen-bond donors (Lipinski definition) is 1. The van der Waals surface area contributed by atoms with Crippen molar-refractivity contribution in [1.29, 1.82) is 0 Å². The van der Waals surface area contributed by atoms with E-state index in [-0.39, 0.29) is 34.6 Å². The fraction of sp³-hybridized carbons (Fsp3) is 0.250. The number of likely N-dealkylation sites (tertiary alicyclic amines) is 1. The maximum Gasteiger partial charge on any atom is 0.270 e. The van der Waals surface area contributed by atoms with Gasteiger partial charge in [-0.25, -0.2) is 4.39 Å². The molecule has 2 aromatic carbocycles. The number of amides is 2. The number of ether oxygens (including phenoxy) is 1. The van der Waals surface area contributed by atoms with Crippen LogP contribution in [0.1, 0.15) is 34.0 Å². The van der Waals surface area contributed by atoms with Crippen LogP contribution in [0.2, 0.25) is 0 Å². The Hall–Kier alpha value is -3.72. The molecule has 1 fully saturated rings. The summed E-state index contributed by atoms with van der Waals surface area (Å²) in [7, 11) is 1.52. The van der Waals surface area contributed by atoms with Crippen LogP contribution < -0.4 is 15.6 Å². The first-order valence-corrected chi connectivity index (χ1v) is 12.7. The number of piperidine rings is 1. The summed E-state index contributed by atoms with van der Waals surface area (Å²) in [5.74, 6) is -1.15. The summed E-state index contributed by atoms with van der Waals surface area (Å²) in [4.78, 5) is 41.0. The van der Waals surface area contributed by atoms with Crippen LogP contribution in [0.25, 0.3) is 6.08 Å². The lowest BCUT2D eigenvalue weighted by Gasteiger charge is -2.43. The van der Waals surface area contributed by atoms with Crippen LogP contribution in [0.15, 0.2) is 75.6 Å². The summed E-state index contributed by atoms with van der Waals surface area (Å²) in [6, 6.07) is 16.2. The van der Waals surface area contributed by atoms with E-state index in [9.17, 15) is 18.8 Å². The van der Waals surface area contributed by atoms with E-state index >= 15 is 0 Å². The van der Waals surface area contributed by atoms with Crippen molar-refractivity contribution in [3.63, 3.8) is 0 Å². The van der Waals surface area contributed by atoms with Gasteiger partial charge in [0.15, 0.2) is 0 Å². The standard InChI is InChI=1S/C28H25BrFN3O4/c1-37-25-10-9-20(29)12-18(25)13-23(31-27(35)21-5-2-3-6-22(21)30)28(36)32-14-17-11-19(16-32)24-7-4-8-26(34)33(24)15-17/h2-10,12-13,17,19H,11,14-16H2,1H3,(H,31,35)/b23-13-/t17-,19+/m1/s1. The topological polar surface area (TPSA) is 80.6 Å². The molecule has 0 saturated carbocycles. The fourth-order valence-corrected chi connectivity index (χ4v) is 5.57. The molecule has 5 rings (SSSR count). The van der Waals surface area contributed by atoms with E-state index in [0.29, 0.717) is 30.9 Å². The monoisotopic (exact) mass is 565 g/mol. The van der Waals surface area contributed by atoms with Gasteiger partial charge in [0.2, 0.25) is 0 Å². The first kappa shape index (κ1) is 25.0. The van der Waals surface area contributed by atoms with Crippen molar-refractivity contribution in [1.82, 2.24) is 14.8 Å². The van der Waals surface area contributed by atoms with E-state index < -0.39 is 11.7 Å². The summed E-state index contributed by atoms with van der Waals surface area (Å²) in [6.07, 6.45) is 2.43. The average molecular weight is 566 g/mol. The summed E-state index contributed by atoms with van der Waals surface area (Å²) < 4.78 is 22.4. The van der Waals surface area contributed by atoms with Gasteiger partial charge in [0.1, 0.15) is 17.3 Å². The first-order chi connectivity index (χ1) is 17.8. The third kappa shape index (κ3) is 5.09. The summed E-state index contributed by atoms with van der Waals surface area (Å²) in [6.45, 7) is 1.38. The van der Waals surface area contributed by atoms with Crippen LogP contribution in [0, 0.1) is 11.7 Å².